The molecule has 0 saturated carbocycles. The summed E-state index contributed by atoms with van der Waals surface area (Å²) in [6, 6.07) is 14.0. The van der Waals surface area contributed by atoms with E-state index in [4.69, 9.17) is 9.05 Å². The molecule has 0 aliphatic carbocycles. The molecule has 3 rings (SSSR count). The first-order valence-corrected chi connectivity index (χ1v) is 7.94. The molecule has 1 aromatic carbocycles. The number of benzene rings is 1. The average molecular weight is 314 g/mol. The van der Waals surface area contributed by atoms with Crippen LogP contribution in [0.5, 0.6) is 0 Å². The summed E-state index contributed by atoms with van der Waals surface area (Å²) < 4.78 is 14.6. The van der Waals surface area contributed by atoms with Crippen molar-refractivity contribution in [2.75, 3.05) is 0 Å². The van der Waals surface area contributed by atoms with Gasteiger partial charge in [0.05, 0.1) is 12.1 Å². The van der Waals surface area contributed by atoms with Gasteiger partial charge in [-0.1, -0.05) is 30.3 Å². The van der Waals surface area contributed by atoms with Crippen molar-refractivity contribution in [1.82, 2.24) is 0 Å². The van der Waals surface area contributed by atoms with Crippen LogP contribution >= 0.6 is 0 Å². The molecule has 23 heavy (non-hydrogen) atoms. The summed E-state index contributed by atoms with van der Waals surface area (Å²) >= 11 is 0. The highest BCUT2D eigenvalue weighted by Crippen LogP contribution is 2.16. The van der Waals surface area contributed by atoms with Crippen LogP contribution in [0.1, 0.15) is 33.5 Å². The van der Waals surface area contributed by atoms with Gasteiger partial charge < -0.3 is 0 Å². The quantitative estimate of drug-likeness (QED) is 0.673. The van der Waals surface area contributed by atoms with Crippen molar-refractivity contribution in [3.05, 3.63) is 60.6 Å². The van der Waals surface area contributed by atoms with Gasteiger partial charge in [0.1, 0.15) is 0 Å². The Bertz CT molecular complexity index is 721. The molecule has 0 amide bonds. The molecule has 0 N–H and O–H groups in total. The van der Waals surface area contributed by atoms with E-state index in [1.807, 2.05) is 71.3 Å². The second-order valence-electron chi connectivity index (χ2n) is 6.38. The summed E-state index contributed by atoms with van der Waals surface area (Å²) in [6.07, 6.45) is 3.90. The van der Waals surface area contributed by atoms with Crippen LogP contribution in [0.25, 0.3) is 11.3 Å². The maximum absolute atomic E-state index is 5.54. The third-order valence-electron chi connectivity index (χ3n) is 3.33. The lowest BCUT2D eigenvalue weighted by atomic mass is 10.1. The van der Waals surface area contributed by atoms with Gasteiger partial charge in [0.15, 0.2) is 12.3 Å². The van der Waals surface area contributed by atoms with E-state index >= 15 is 0 Å². The van der Waals surface area contributed by atoms with E-state index in [1.54, 1.807) is 0 Å². The van der Waals surface area contributed by atoms with Crippen LogP contribution < -0.4 is 9.48 Å². The lowest BCUT2D eigenvalue weighted by Gasteiger charge is -2.05. The lowest BCUT2D eigenvalue weighted by Crippen LogP contribution is -2.48. The molecule has 2 aromatic heterocycles. The number of aromatic nitrogens is 2. The zero-order chi connectivity index (χ0) is 16.9. The first-order chi connectivity index (χ1) is 10.9. The number of nitrogens with zero attached hydrogens (tertiary/aromatic N) is 2. The van der Waals surface area contributed by atoms with Crippen LogP contribution in [-0.4, -0.2) is 0 Å². The van der Waals surface area contributed by atoms with Crippen molar-refractivity contribution in [1.29, 1.82) is 0 Å². The van der Waals surface area contributed by atoms with Crippen LogP contribution in [0.3, 0.4) is 0 Å². The predicted molar refractivity (Wildman–Crippen MR) is 88.6 cm³/mol. The zero-order valence-electron chi connectivity index (χ0n) is 14.6. The summed E-state index contributed by atoms with van der Waals surface area (Å²) in [7, 11) is 0. The Kier molecular flexibility index (Phi) is 5.37. The van der Waals surface area contributed by atoms with Gasteiger partial charge in [-0.15, -0.1) is 0 Å². The molecule has 4 nitrogen and oxygen atoms in total. The lowest BCUT2D eigenvalue weighted by molar-refractivity contribution is -0.907. The van der Waals surface area contributed by atoms with Crippen LogP contribution in [0.4, 0.5) is 0 Å². The van der Waals surface area contributed by atoms with Gasteiger partial charge in [-0.2, -0.15) is 0 Å². The van der Waals surface area contributed by atoms with Crippen LogP contribution in [0.15, 0.2) is 63.9 Å². The van der Waals surface area contributed by atoms with Crippen LogP contribution in [0, 0.1) is 6.92 Å². The highest BCUT2D eigenvalue weighted by atomic mass is 16.5. The Morgan fingerprint density at radius 3 is 2.04 bits per heavy atom. The smallest absolute Gasteiger partial charge is 0.220 e. The molecule has 3 aromatic rings. The van der Waals surface area contributed by atoms with Gasteiger partial charge in [-0.05, 0) is 16.4 Å². The molecule has 0 fully saturated rings. The molecule has 0 radical (unpaired) electrons. The Balaban J connectivity index is 0.000000174. The van der Waals surface area contributed by atoms with Crippen molar-refractivity contribution in [3.63, 3.8) is 0 Å². The van der Waals surface area contributed by atoms with Gasteiger partial charge in [-0.25, -0.2) is 9.05 Å². The zero-order valence-corrected chi connectivity index (χ0v) is 14.6. The molecule has 4 heteroatoms. The van der Waals surface area contributed by atoms with Gasteiger partial charge in [-0.3, -0.25) is 0 Å². The fourth-order valence-corrected chi connectivity index (χ4v) is 2.01. The predicted octanol–water partition coefficient (Wildman–Crippen LogP) is 3.88. The Labute approximate surface area is 137 Å². The molecule has 0 saturated heterocycles. The number of hydrogen-bond donors (Lipinski definition) is 0. The molecule has 122 valence electrons. The van der Waals surface area contributed by atoms with E-state index < -0.39 is 0 Å². The van der Waals surface area contributed by atoms with E-state index in [0.29, 0.717) is 0 Å². The second-order valence-corrected chi connectivity index (χ2v) is 6.38. The Morgan fingerprint density at radius 2 is 1.61 bits per heavy atom. The monoisotopic (exact) mass is 314 g/mol. The second kappa shape index (κ2) is 7.27. The van der Waals surface area contributed by atoms with E-state index in [1.165, 1.54) is 0 Å². The van der Waals surface area contributed by atoms with Gasteiger partial charge in [0.25, 0.3) is 0 Å². The Morgan fingerprint density at radius 1 is 0.913 bits per heavy atom. The summed E-state index contributed by atoms with van der Waals surface area (Å²) in [5.41, 5.74) is 1.18. The van der Waals surface area contributed by atoms with E-state index in [0.717, 1.165) is 23.6 Å². The largest absolute Gasteiger partial charge is 0.241 e. The number of hydrogen-bond acceptors (Lipinski definition) is 2. The minimum atomic E-state index is 0.0637. The molecular formula is C19H26N2O2+2. The maximum Gasteiger partial charge on any atom is 0.220 e. The minimum absolute atomic E-state index is 0.0637. The van der Waals surface area contributed by atoms with Crippen LogP contribution in [0.2, 0.25) is 0 Å². The number of rotatable bonds is 2. The topological polar surface area (TPSA) is 34.0 Å². The summed E-state index contributed by atoms with van der Waals surface area (Å²) in [5.74, 6) is 1.87. The van der Waals surface area contributed by atoms with E-state index in [-0.39, 0.29) is 5.54 Å². The first-order valence-electron chi connectivity index (χ1n) is 7.94. The van der Waals surface area contributed by atoms with Gasteiger partial charge >= 0.3 is 0 Å². The molecule has 0 atom stereocenters. The summed E-state index contributed by atoms with van der Waals surface area (Å²) in [6.45, 7) is 11.2. The van der Waals surface area contributed by atoms with Crippen molar-refractivity contribution in [2.45, 2.75) is 46.7 Å². The average Bonchev–Trinajstić information content (AvgIpc) is 3.17. The molecule has 0 aliphatic rings. The van der Waals surface area contributed by atoms with Crippen molar-refractivity contribution in [2.24, 2.45) is 0 Å². The normalized spacial score (nSPS) is 11.0. The Hall–Kier alpha value is -2.36. The van der Waals surface area contributed by atoms with Crippen molar-refractivity contribution < 1.29 is 18.5 Å². The molecule has 0 unspecified atom stereocenters. The summed E-state index contributed by atoms with van der Waals surface area (Å²) in [4.78, 5) is 0. The third kappa shape index (κ3) is 4.81. The molecule has 0 bridgehead atoms. The fraction of sp³-hybridized carbons (Fsp3) is 0.368. The standard InChI is InChI=1S/C11H12NO.C8H14NO/c1-2-12-9-8-11(13-12)10-6-4-3-5-7-10;1-7-5-6-9(10-7)8(2,3)4/h3-9H,2H2,1H3;5-6H,1-4H3/q2*+1. The summed E-state index contributed by atoms with van der Waals surface area (Å²) in [5, 5.41) is 0. The van der Waals surface area contributed by atoms with Crippen molar-refractivity contribution >= 4 is 0 Å². The van der Waals surface area contributed by atoms with E-state index in [2.05, 4.69) is 27.7 Å². The van der Waals surface area contributed by atoms with Crippen LogP contribution in [-0.2, 0) is 12.1 Å². The minimum Gasteiger partial charge on any atom is -0.241 e. The molecule has 0 aliphatic heterocycles. The molecule has 0 spiro atoms. The molecule has 2 heterocycles. The van der Waals surface area contributed by atoms with Crippen molar-refractivity contribution in [3.8, 4) is 11.3 Å². The maximum atomic E-state index is 5.54. The SMILES string of the molecule is CC[n+]1ccc(-c2ccccc2)o1.Cc1cc[n+](C(C)(C)C)o1. The highest BCUT2D eigenvalue weighted by Gasteiger charge is 2.25. The van der Waals surface area contributed by atoms with Gasteiger partial charge in [0, 0.05) is 33.3 Å². The first kappa shape index (κ1) is 17.0. The fourth-order valence-electron chi connectivity index (χ4n) is 2.01. The van der Waals surface area contributed by atoms with E-state index in [9.17, 15) is 0 Å². The highest BCUT2D eigenvalue weighted by molar-refractivity contribution is 5.55. The molecular weight excluding hydrogens is 288 g/mol. The van der Waals surface area contributed by atoms with Gasteiger partial charge in [0.2, 0.25) is 23.7 Å². The number of aryl methyl sites for hydroxylation is 2. The third-order valence-corrected chi connectivity index (χ3v) is 3.33.